The van der Waals surface area contributed by atoms with Crippen molar-refractivity contribution in [1.82, 2.24) is 24.4 Å². The van der Waals surface area contributed by atoms with Crippen molar-refractivity contribution in [3.8, 4) is 0 Å². The van der Waals surface area contributed by atoms with Crippen LogP contribution in [0.4, 0.5) is 5.95 Å². The third-order valence-electron chi connectivity index (χ3n) is 5.15. The summed E-state index contributed by atoms with van der Waals surface area (Å²) in [6.07, 6.45) is 7.71. The van der Waals surface area contributed by atoms with Crippen molar-refractivity contribution < 1.29 is 0 Å². The Morgan fingerprint density at radius 2 is 2.00 bits per heavy atom. The van der Waals surface area contributed by atoms with Crippen molar-refractivity contribution >= 4 is 5.95 Å². The van der Waals surface area contributed by atoms with Crippen molar-refractivity contribution in [3.63, 3.8) is 0 Å². The molecule has 2 aliphatic rings. The molecule has 4 heterocycles. The van der Waals surface area contributed by atoms with E-state index in [0.717, 1.165) is 50.1 Å². The van der Waals surface area contributed by atoms with Gasteiger partial charge in [0.25, 0.3) is 0 Å². The van der Waals surface area contributed by atoms with Crippen LogP contribution in [0.3, 0.4) is 0 Å². The standard InChI is InChI=1S/C18H26N6/c1-14-11-22(2)17(20-14)15-6-10-23(12-15)13-16-5-7-19-18(21-16)24-8-3-4-9-24/h5,7,11,15H,3-4,6,8-10,12-13H2,1-2H3/t15-/m0/s1. The Morgan fingerprint density at radius 3 is 2.75 bits per heavy atom. The molecular weight excluding hydrogens is 300 g/mol. The first kappa shape index (κ1) is 15.6. The highest BCUT2D eigenvalue weighted by molar-refractivity contribution is 5.31. The number of imidazole rings is 1. The van der Waals surface area contributed by atoms with Gasteiger partial charge in [-0.15, -0.1) is 0 Å². The molecule has 128 valence electrons. The first-order chi connectivity index (χ1) is 11.7. The molecule has 24 heavy (non-hydrogen) atoms. The number of rotatable bonds is 4. The molecule has 0 bridgehead atoms. The Bertz CT molecular complexity index is 703. The second kappa shape index (κ2) is 6.51. The number of anilines is 1. The van der Waals surface area contributed by atoms with Crippen LogP contribution in [0.25, 0.3) is 0 Å². The number of aromatic nitrogens is 4. The van der Waals surface area contributed by atoms with Gasteiger partial charge < -0.3 is 9.47 Å². The second-order valence-corrected chi connectivity index (χ2v) is 7.11. The van der Waals surface area contributed by atoms with Crippen molar-refractivity contribution in [2.24, 2.45) is 7.05 Å². The lowest BCUT2D eigenvalue weighted by Crippen LogP contribution is -2.23. The summed E-state index contributed by atoms with van der Waals surface area (Å²) in [5.74, 6) is 2.65. The fourth-order valence-electron chi connectivity index (χ4n) is 3.97. The topological polar surface area (TPSA) is 50.1 Å². The Morgan fingerprint density at radius 1 is 1.17 bits per heavy atom. The molecular formula is C18H26N6. The summed E-state index contributed by atoms with van der Waals surface area (Å²) in [5.41, 5.74) is 2.24. The average molecular weight is 326 g/mol. The molecule has 0 unspecified atom stereocenters. The largest absolute Gasteiger partial charge is 0.341 e. The molecule has 1 atom stereocenters. The lowest BCUT2D eigenvalue weighted by Gasteiger charge is -2.18. The molecule has 2 aromatic heterocycles. The SMILES string of the molecule is Cc1cn(C)c([C@H]2CCN(Cc3ccnc(N4CCCC4)n3)C2)n1. The zero-order chi connectivity index (χ0) is 16.5. The molecule has 2 saturated heterocycles. The minimum absolute atomic E-state index is 0.531. The fourth-order valence-corrected chi connectivity index (χ4v) is 3.97. The van der Waals surface area contributed by atoms with Crippen LogP contribution in [-0.4, -0.2) is 50.6 Å². The molecule has 6 nitrogen and oxygen atoms in total. The van der Waals surface area contributed by atoms with Gasteiger partial charge in [0.2, 0.25) is 5.95 Å². The zero-order valence-corrected chi connectivity index (χ0v) is 14.6. The predicted molar refractivity (Wildman–Crippen MR) is 94.1 cm³/mol. The molecule has 0 spiro atoms. The molecule has 0 amide bonds. The summed E-state index contributed by atoms with van der Waals surface area (Å²) in [6.45, 7) is 7.33. The van der Waals surface area contributed by atoms with E-state index in [1.807, 2.05) is 6.20 Å². The maximum absolute atomic E-state index is 4.79. The van der Waals surface area contributed by atoms with E-state index in [-0.39, 0.29) is 0 Å². The van der Waals surface area contributed by atoms with Gasteiger partial charge in [-0.05, 0) is 38.8 Å². The molecule has 2 aliphatic heterocycles. The van der Waals surface area contributed by atoms with E-state index in [1.165, 1.54) is 25.1 Å². The highest BCUT2D eigenvalue weighted by Crippen LogP contribution is 2.27. The third kappa shape index (κ3) is 3.15. The summed E-state index contributed by atoms with van der Waals surface area (Å²) < 4.78 is 2.18. The smallest absolute Gasteiger partial charge is 0.225 e. The van der Waals surface area contributed by atoms with Crippen LogP contribution in [-0.2, 0) is 13.6 Å². The molecule has 2 fully saturated rings. The number of hydrogen-bond acceptors (Lipinski definition) is 5. The first-order valence-electron chi connectivity index (χ1n) is 8.98. The van der Waals surface area contributed by atoms with E-state index in [9.17, 15) is 0 Å². The highest BCUT2D eigenvalue weighted by Gasteiger charge is 2.27. The van der Waals surface area contributed by atoms with Crippen LogP contribution < -0.4 is 4.90 Å². The Hall–Kier alpha value is -1.95. The van der Waals surface area contributed by atoms with Crippen LogP contribution in [0.1, 0.15) is 42.4 Å². The van der Waals surface area contributed by atoms with Gasteiger partial charge in [0.1, 0.15) is 5.82 Å². The van der Waals surface area contributed by atoms with Crippen LogP contribution in [0.2, 0.25) is 0 Å². The molecule has 0 saturated carbocycles. The number of aryl methyl sites for hydroxylation is 2. The van der Waals surface area contributed by atoms with Gasteiger partial charge in [0.05, 0.1) is 11.4 Å². The van der Waals surface area contributed by atoms with Crippen LogP contribution in [0, 0.1) is 6.92 Å². The van der Waals surface area contributed by atoms with E-state index < -0.39 is 0 Å². The van der Waals surface area contributed by atoms with Gasteiger partial charge in [-0.1, -0.05) is 0 Å². The second-order valence-electron chi connectivity index (χ2n) is 7.11. The predicted octanol–water partition coefficient (Wildman–Crippen LogP) is 2.11. The van der Waals surface area contributed by atoms with Gasteiger partial charge in [-0.25, -0.2) is 15.0 Å². The van der Waals surface area contributed by atoms with Gasteiger partial charge >= 0.3 is 0 Å². The number of likely N-dealkylation sites (tertiary alicyclic amines) is 1. The minimum atomic E-state index is 0.531. The quantitative estimate of drug-likeness (QED) is 0.861. The normalized spacial score (nSPS) is 21.8. The summed E-state index contributed by atoms with van der Waals surface area (Å²) in [7, 11) is 2.10. The van der Waals surface area contributed by atoms with Crippen LogP contribution in [0.15, 0.2) is 18.5 Å². The van der Waals surface area contributed by atoms with Crippen LogP contribution in [0.5, 0.6) is 0 Å². The van der Waals surface area contributed by atoms with Crippen molar-refractivity contribution in [2.75, 3.05) is 31.1 Å². The summed E-state index contributed by atoms with van der Waals surface area (Å²) in [4.78, 5) is 18.7. The summed E-state index contributed by atoms with van der Waals surface area (Å²) >= 11 is 0. The fraction of sp³-hybridized carbons (Fsp3) is 0.611. The lowest BCUT2D eigenvalue weighted by atomic mass is 10.1. The van der Waals surface area contributed by atoms with Crippen molar-refractivity contribution in [1.29, 1.82) is 0 Å². The molecule has 0 aromatic carbocycles. The first-order valence-corrected chi connectivity index (χ1v) is 8.98. The maximum Gasteiger partial charge on any atom is 0.225 e. The third-order valence-corrected chi connectivity index (χ3v) is 5.15. The van der Waals surface area contributed by atoms with Gasteiger partial charge in [0.15, 0.2) is 0 Å². The lowest BCUT2D eigenvalue weighted by molar-refractivity contribution is 0.321. The summed E-state index contributed by atoms with van der Waals surface area (Å²) in [6, 6.07) is 2.05. The Balaban J connectivity index is 1.41. The molecule has 6 heteroatoms. The maximum atomic E-state index is 4.79. The molecule has 4 rings (SSSR count). The van der Waals surface area contributed by atoms with Gasteiger partial charge in [0, 0.05) is 51.5 Å². The number of nitrogens with zero attached hydrogens (tertiary/aromatic N) is 6. The van der Waals surface area contributed by atoms with Gasteiger partial charge in [-0.2, -0.15) is 0 Å². The number of hydrogen-bond donors (Lipinski definition) is 0. The van der Waals surface area contributed by atoms with E-state index in [2.05, 4.69) is 45.6 Å². The Kier molecular flexibility index (Phi) is 4.22. The zero-order valence-electron chi connectivity index (χ0n) is 14.6. The molecule has 0 N–H and O–H groups in total. The molecule has 0 radical (unpaired) electrons. The van der Waals surface area contributed by atoms with Crippen LogP contribution >= 0.6 is 0 Å². The minimum Gasteiger partial charge on any atom is -0.341 e. The molecule has 2 aromatic rings. The van der Waals surface area contributed by atoms with Crippen molar-refractivity contribution in [2.45, 2.75) is 38.6 Å². The molecule has 0 aliphatic carbocycles. The van der Waals surface area contributed by atoms with E-state index >= 15 is 0 Å². The highest BCUT2D eigenvalue weighted by atomic mass is 15.3. The Labute approximate surface area is 143 Å². The summed E-state index contributed by atoms with van der Waals surface area (Å²) in [5, 5.41) is 0. The van der Waals surface area contributed by atoms with E-state index in [4.69, 9.17) is 9.97 Å². The van der Waals surface area contributed by atoms with E-state index in [0.29, 0.717) is 5.92 Å². The van der Waals surface area contributed by atoms with E-state index in [1.54, 1.807) is 0 Å². The monoisotopic (exact) mass is 326 g/mol. The average Bonchev–Trinajstić information content (AvgIpc) is 3.29. The van der Waals surface area contributed by atoms with Gasteiger partial charge in [-0.3, -0.25) is 4.90 Å². The van der Waals surface area contributed by atoms with Crippen molar-refractivity contribution in [3.05, 3.63) is 35.7 Å².